The van der Waals surface area contributed by atoms with Crippen LogP contribution < -0.4 is 5.32 Å². The van der Waals surface area contributed by atoms with Crippen molar-refractivity contribution in [3.63, 3.8) is 0 Å². The summed E-state index contributed by atoms with van der Waals surface area (Å²) in [5.41, 5.74) is 0. The second-order valence-electron chi connectivity index (χ2n) is 3.62. The number of nitrogens with one attached hydrogen (secondary N) is 2. The predicted octanol–water partition coefficient (Wildman–Crippen LogP) is 0.819. The third-order valence-corrected chi connectivity index (χ3v) is 3.87. The van der Waals surface area contributed by atoms with Crippen LogP contribution in [0.1, 0.15) is 29.9 Å². The van der Waals surface area contributed by atoms with E-state index < -0.39 is 0 Å². The van der Waals surface area contributed by atoms with E-state index in [1.807, 2.05) is 11.8 Å². The van der Waals surface area contributed by atoms with E-state index in [4.69, 9.17) is 0 Å². The minimum atomic E-state index is -0.154. The van der Waals surface area contributed by atoms with Crippen molar-refractivity contribution in [2.24, 2.45) is 0 Å². The zero-order valence-corrected chi connectivity index (χ0v) is 9.38. The molecule has 6 heteroatoms. The van der Waals surface area contributed by atoms with Crippen LogP contribution in [0.15, 0.2) is 6.33 Å². The number of carbonyl (C=O) groups excluding carboxylic acids is 1. The SMILES string of the molecule is CSC1CCCC1NC(=O)c1ncn[nH]1. The number of hydrogen-bond donors (Lipinski definition) is 2. The van der Waals surface area contributed by atoms with E-state index in [2.05, 4.69) is 26.8 Å². The van der Waals surface area contributed by atoms with Crippen molar-refractivity contribution in [1.82, 2.24) is 20.5 Å². The summed E-state index contributed by atoms with van der Waals surface area (Å²) in [6, 6.07) is 0.276. The monoisotopic (exact) mass is 226 g/mol. The second-order valence-corrected chi connectivity index (χ2v) is 4.70. The molecule has 0 radical (unpaired) electrons. The maximum absolute atomic E-state index is 11.7. The highest BCUT2D eigenvalue weighted by Gasteiger charge is 2.28. The minimum absolute atomic E-state index is 0.154. The van der Waals surface area contributed by atoms with Crippen molar-refractivity contribution in [1.29, 1.82) is 0 Å². The Kier molecular flexibility index (Phi) is 3.25. The molecule has 2 atom stereocenters. The summed E-state index contributed by atoms with van der Waals surface area (Å²) in [6.07, 6.45) is 6.86. The quantitative estimate of drug-likeness (QED) is 0.800. The molecule has 5 nitrogen and oxygen atoms in total. The Morgan fingerprint density at radius 2 is 2.53 bits per heavy atom. The molecular formula is C9H14N4OS. The molecule has 1 aromatic rings. The topological polar surface area (TPSA) is 70.7 Å². The van der Waals surface area contributed by atoms with Crippen LogP contribution in [0.3, 0.4) is 0 Å². The van der Waals surface area contributed by atoms with Gasteiger partial charge in [0, 0.05) is 11.3 Å². The van der Waals surface area contributed by atoms with Crippen molar-refractivity contribution in [3.05, 3.63) is 12.2 Å². The van der Waals surface area contributed by atoms with Crippen molar-refractivity contribution >= 4 is 17.7 Å². The van der Waals surface area contributed by atoms with E-state index in [-0.39, 0.29) is 11.9 Å². The molecule has 1 aliphatic rings. The number of hydrogen-bond acceptors (Lipinski definition) is 4. The van der Waals surface area contributed by atoms with E-state index in [0.29, 0.717) is 11.1 Å². The molecular weight excluding hydrogens is 212 g/mol. The van der Waals surface area contributed by atoms with Crippen LogP contribution in [0.5, 0.6) is 0 Å². The standard InChI is InChI=1S/C9H14N4OS/c1-15-7-4-2-3-6(7)12-9(14)8-10-5-11-13-8/h5-7H,2-4H2,1H3,(H,12,14)(H,10,11,13). The molecule has 2 unspecified atom stereocenters. The summed E-state index contributed by atoms with van der Waals surface area (Å²) in [5.74, 6) is 0.139. The number of thioether (sulfide) groups is 1. The molecule has 0 aliphatic heterocycles. The van der Waals surface area contributed by atoms with E-state index in [0.717, 1.165) is 6.42 Å². The van der Waals surface area contributed by atoms with Crippen molar-refractivity contribution in [2.45, 2.75) is 30.6 Å². The summed E-state index contributed by atoms with van der Waals surface area (Å²) < 4.78 is 0. The zero-order valence-electron chi connectivity index (χ0n) is 8.56. The van der Waals surface area contributed by atoms with E-state index in [1.165, 1.54) is 19.2 Å². The van der Waals surface area contributed by atoms with Gasteiger partial charge in [-0.15, -0.1) is 0 Å². The Bertz CT molecular complexity index is 327. The van der Waals surface area contributed by atoms with Gasteiger partial charge >= 0.3 is 0 Å². The lowest BCUT2D eigenvalue weighted by Crippen LogP contribution is -2.39. The molecule has 1 aromatic heterocycles. The minimum Gasteiger partial charge on any atom is -0.345 e. The molecule has 15 heavy (non-hydrogen) atoms. The molecule has 1 heterocycles. The number of H-pyrrole nitrogens is 1. The highest BCUT2D eigenvalue weighted by atomic mass is 32.2. The maximum Gasteiger partial charge on any atom is 0.288 e. The Labute approximate surface area is 92.4 Å². The first-order chi connectivity index (χ1) is 7.31. The normalized spacial score (nSPS) is 25.4. The first-order valence-corrected chi connectivity index (χ1v) is 6.29. The molecule has 82 valence electrons. The van der Waals surface area contributed by atoms with Gasteiger partial charge in [-0.2, -0.15) is 16.9 Å². The molecule has 0 spiro atoms. The first kappa shape index (κ1) is 10.5. The van der Waals surface area contributed by atoms with Gasteiger partial charge in [-0.05, 0) is 19.1 Å². The van der Waals surface area contributed by atoms with Gasteiger partial charge in [-0.3, -0.25) is 9.89 Å². The Balaban J connectivity index is 1.94. The molecule has 1 saturated carbocycles. The van der Waals surface area contributed by atoms with Gasteiger partial charge in [0.1, 0.15) is 6.33 Å². The van der Waals surface area contributed by atoms with Gasteiger partial charge in [0.25, 0.3) is 5.91 Å². The van der Waals surface area contributed by atoms with Crippen LogP contribution in [0.25, 0.3) is 0 Å². The smallest absolute Gasteiger partial charge is 0.288 e. The highest BCUT2D eigenvalue weighted by Crippen LogP contribution is 2.28. The van der Waals surface area contributed by atoms with Crippen molar-refractivity contribution in [3.8, 4) is 0 Å². The molecule has 0 bridgehead atoms. The molecule has 2 rings (SSSR count). The van der Waals surface area contributed by atoms with Crippen molar-refractivity contribution in [2.75, 3.05) is 6.26 Å². The largest absolute Gasteiger partial charge is 0.345 e. The van der Waals surface area contributed by atoms with Gasteiger partial charge in [-0.1, -0.05) is 6.42 Å². The molecule has 1 fully saturated rings. The average Bonchev–Trinajstić information content (AvgIpc) is 2.87. The molecule has 1 amide bonds. The average molecular weight is 226 g/mol. The molecule has 2 N–H and O–H groups in total. The number of nitrogens with zero attached hydrogens (tertiary/aromatic N) is 2. The predicted molar refractivity (Wildman–Crippen MR) is 58.8 cm³/mol. The summed E-state index contributed by atoms with van der Waals surface area (Å²) in [6.45, 7) is 0. The van der Waals surface area contributed by atoms with E-state index in [9.17, 15) is 4.79 Å². The van der Waals surface area contributed by atoms with Gasteiger partial charge < -0.3 is 5.32 Å². The van der Waals surface area contributed by atoms with Gasteiger partial charge in [0.2, 0.25) is 5.82 Å². The zero-order chi connectivity index (χ0) is 10.7. The summed E-state index contributed by atoms with van der Waals surface area (Å²) >= 11 is 1.82. The molecule has 1 aliphatic carbocycles. The fourth-order valence-corrected chi connectivity index (χ4v) is 2.86. The van der Waals surface area contributed by atoms with Crippen LogP contribution in [0, 0.1) is 0 Å². The van der Waals surface area contributed by atoms with Crippen molar-refractivity contribution < 1.29 is 4.79 Å². The molecule has 0 saturated heterocycles. The van der Waals surface area contributed by atoms with Crippen LogP contribution in [0.4, 0.5) is 0 Å². The lowest BCUT2D eigenvalue weighted by molar-refractivity contribution is 0.0928. The number of aromatic nitrogens is 3. The lowest BCUT2D eigenvalue weighted by Gasteiger charge is -2.18. The lowest BCUT2D eigenvalue weighted by atomic mass is 10.2. The number of rotatable bonds is 3. The highest BCUT2D eigenvalue weighted by molar-refractivity contribution is 7.99. The van der Waals surface area contributed by atoms with Crippen LogP contribution >= 0.6 is 11.8 Å². The Morgan fingerprint density at radius 1 is 1.67 bits per heavy atom. The summed E-state index contributed by atoms with van der Waals surface area (Å²) in [4.78, 5) is 15.5. The second kappa shape index (κ2) is 4.65. The first-order valence-electron chi connectivity index (χ1n) is 5.00. The van der Waals surface area contributed by atoms with Gasteiger partial charge in [-0.25, -0.2) is 4.98 Å². The van der Waals surface area contributed by atoms with Crippen LogP contribution in [0.2, 0.25) is 0 Å². The number of aromatic amines is 1. The van der Waals surface area contributed by atoms with Crippen LogP contribution in [-0.4, -0.2) is 38.6 Å². The fourth-order valence-electron chi connectivity index (χ4n) is 1.92. The van der Waals surface area contributed by atoms with E-state index in [1.54, 1.807) is 0 Å². The van der Waals surface area contributed by atoms with E-state index >= 15 is 0 Å². The molecule has 0 aromatic carbocycles. The maximum atomic E-state index is 11.7. The number of carbonyl (C=O) groups is 1. The summed E-state index contributed by atoms with van der Waals surface area (Å²) in [5, 5.41) is 9.75. The third-order valence-electron chi connectivity index (χ3n) is 2.70. The summed E-state index contributed by atoms with van der Waals surface area (Å²) in [7, 11) is 0. The fraction of sp³-hybridized carbons (Fsp3) is 0.667. The van der Waals surface area contributed by atoms with Crippen LogP contribution in [-0.2, 0) is 0 Å². The number of amides is 1. The third kappa shape index (κ3) is 2.31. The van der Waals surface area contributed by atoms with Gasteiger partial charge in [0.15, 0.2) is 0 Å². The van der Waals surface area contributed by atoms with Gasteiger partial charge in [0.05, 0.1) is 0 Å². The Hall–Kier alpha value is -1.04. The Morgan fingerprint density at radius 3 is 3.20 bits per heavy atom.